The molecule has 0 aromatic rings. The molecular formula is C32H52O3. The monoisotopic (exact) mass is 484 g/mol. The highest BCUT2D eigenvalue weighted by atomic mass is 16.5. The van der Waals surface area contributed by atoms with Gasteiger partial charge in [0.2, 0.25) is 0 Å². The van der Waals surface area contributed by atoms with E-state index in [0.29, 0.717) is 39.9 Å². The normalized spacial score (nSPS) is 55.1. The number of aliphatic hydroxyl groups is 1. The second kappa shape index (κ2) is 7.84. The van der Waals surface area contributed by atoms with Crippen molar-refractivity contribution in [2.75, 3.05) is 0 Å². The van der Waals surface area contributed by atoms with E-state index in [9.17, 15) is 9.90 Å². The smallest absolute Gasteiger partial charge is 0.302 e. The highest BCUT2D eigenvalue weighted by molar-refractivity contribution is 5.66. The molecular weight excluding hydrogens is 432 g/mol. The van der Waals surface area contributed by atoms with Crippen molar-refractivity contribution in [2.24, 2.45) is 56.7 Å². The van der Waals surface area contributed by atoms with Gasteiger partial charge in [0, 0.05) is 12.3 Å². The van der Waals surface area contributed by atoms with E-state index in [-0.39, 0.29) is 29.0 Å². The Morgan fingerprint density at radius 3 is 2.26 bits per heavy atom. The highest BCUT2D eigenvalue weighted by Gasteiger charge is 2.70. The Morgan fingerprint density at radius 1 is 0.914 bits per heavy atom. The zero-order chi connectivity index (χ0) is 25.8. The summed E-state index contributed by atoms with van der Waals surface area (Å²) < 4.78 is 5.90. The van der Waals surface area contributed by atoms with Crippen molar-refractivity contribution < 1.29 is 14.6 Å². The maximum atomic E-state index is 11.9. The molecule has 5 aliphatic rings. The van der Waals surface area contributed by atoms with Gasteiger partial charge < -0.3 is 9.84 Å². The molecule has 0 bridgehead atoms. The van der Waals surface area contributed by atoms with Gasteiger partial charge in [-0.25, -0.2) is 0 Å². The minimum absolute atomic E-state index is 0.0225. The van der Waals surface area contributed by atoms with Gasteiger partial charge in [0.25, 0.3) is 0 Å². The van der Waals surface area contributed by atoms with Crippen LogP contribution in [0.15, 0.2) is 12.2 Å². The molecule has 0 aliphatic heterocycles. The van der Waals surface area contributed by atoms with Gasteiger partial charge in [0.15, 0.2) is 0 Å². The summed E-state index contributed by atoms with van der Waals surface area (Å²) in [5, 5.41) is 10.8. The van der Waals surface area contributed by atoms with E-state index in [2.05, 4.69) is 55.0 Å². The SMILES string of the molecule is C=C1C(C)[C@H]2[C@H]3CC[C@@H]4[C@@]5(C)CCC(OC(C)=O)C(C)(C)C5CC[C@@]4(C)[C@]3(C)CC[C@@]2(C)C[C@H]1O. The number of carbonyl (C=O) groups excluding carboxylic acids is 1. The largest absolute Gasteiger partial charge is 0.462 e. The van der Waals surface area contributed by atoms with Crippen LogP contribution in [-0.2, 0) is 9.53 Å². The maximum absolute atomic E-state index is 11.9. The summed E-state index contributed by atoms with van der Waals surface area (Å²) in [5.74, 6) is 2.95. The third-order valence-electron chi connectivity index (χ3n) is 13.8. The predicted molar refractivity (Wildman–Crippen MR) is 142 cm³/mol. The van der Waals surface area contributed by atoms with Gasteiger partial charge in [-0.15, -0.1) is 0 Å². The van der Waals surface area contributed by atoms with Gasteiger partial charge in [-0.3, -0.25) is 4.79 Å². The van der Waals surface area contributed by atoms with Gasteiger partial charge in [-0.2, -0.15) is 0 Å². The van der Waals surface area contributed by atoms with Crippen LogP contribution in [0.3, 0.4) is 0 Å². The molecule has 0 amide bonds. The van der Waals surface area contributed by atoms with Crippen LogP contribution in [0.1, 0.15) is 113 Å². The van der Waals surface area contributed by atoms with E-state index < -0.39 is 0 Å². The molecule has 0 aromatic carbocycles. The van der Waals surface area contributed by atoms with Crippen molar-refractivity contribution >= 4 is 5.97 Å². The topological polar surface area (TPSA) is 46.5 Å². The molecule has 3 unspecified atom stereocenters. The van der Waals surface area contributed by atoms with Crippen LogP contribution < -0.4 is 0 Å². The first kappa shape index (κ1) is 25.8. The Labute approximate surface area is 214 Å². The van der Waals surface area contributed by atoms with Crippen LogP contribution in [-0.4, -0.2) is 23.3 Å². The minimum Gasteiger partial charge on any atom is -0.462 e. The Kier molecular flexibility index (Phi) is 5.78. The average molecular weight is 485 g/mol. The quantitative estimate of drug-likeness (QED) is 0.308. The van der Waals surface area contributed by atoms with Crippen molar-refractivity contribution in [2.45, 2.75) is 125 Å². The Hall–Kier alpha value is -0.830. The summed E-state index contributed by atoms with van der Waals surface area (Å²) in [6, 6.07) is 0. The lowest BCUT2D eigenvalue weighted by molar-refractivity contribution is -0.255. The van der Waals surface area contributed by atoms with E-state index in [1.165, 1.54) is 44.9 Å². The molecule has 0 heterocycles. The number of aliphatic hydroxyl groups excluding tert-OH is 1. The maximum Gasteiger partial charge on any atom is 0.302 e. The van der Waals surface area contributed by atoms with E-state index >= 15 is 0 Å². The summed E-state index contributed by atoms with van der Waals surface area (Å²) in [6.07, 6.45) is 10.5. The van der Waals surface area contributed by atoms with Gasteiger partial charge >= 0.3 is 5.97 Å². The Morgan fingerprint density at radius 2 is 1.60 bits per heavy atom. The Bertz CT molecular complexity index is 906. The van der Waals surface area contributed by atoms with Crippen LogP contribution in [0.4, 0.5) is 0 Å². The first-order chi connectivity index (χ1) is 16.1. The fourth-order valence-electron chi connectivity index (χ4n) is 11.9. The second-order valence-electron chi connectivity index (χ2n) is 15.4. The van der Waals surface area contributed by atoms with E-state index in [0.717, 1.165) is 24.3 Å². The molecule has 0 aromatic heterocycles. The van der Waals surface area contributed by atoms with Gasteiger partial charge in [0.1, 0.15) is 6.10 Å². The summed E-state index contributed by atoms with van der Waals surface area (Å²) in [4.78, 5) is 11.9. The molecule has 198 valence electrons. The molecule has 35 heavy (non-hydrogen) atoms. The summed E-state index contributed by atoms with van der Waals surface area (Å²) in [6.45, 7) is 23.5. The number of rotatable bonds is 1. The number of carbonyl (C=O) groups is 1. The van der Waals surface area contributed by atoms with Crippen molar-refractivity contribution in [3.63, 3.8) is 0 Å². The number of hydrogen-bond donors (Lipinski definition) is 1. The molecule has 0 saturated heterocycles. The number of ether oxygens (including phenoxy) is 1. The molecule has 0 spiro atoms. The third kappa shape index (κ3) is 3.28. The summed E-state index contributed by atoms with van der Waals surface area (Å²) in [5.41, 5.74) is 2.32. The number of esters is 1. The van der Waals surface area contributed by atoms with Gasteiger partial charge in [-0.1, -0.05) is 55.0 Å². The van der Waals surface area contributed by atoms with Crippen molar-refractivity contribution in [3.8, 4) is 0 Å². The molecule has 5 fully saturated rings. The van der Waals surface area contributed by atoms with Crippen molar-refractivity contribution in [1.82, 2.24) is 0 Å². The molecule has 5 saturated carbocycles. The standard InChI is InChI=1S/C32H52O3/c1-19-20(2)27-22-10-11-25-30(7)14-13-26(35-21(3)33)28(4,5)24(30)12-15-32(25,9)31(22,8)17-16-29(27,6)18-23(19)34/h20,22-27,34H,1,10-18H2,2-9H3/t20?,22-,23-,24?,25-,26?,27+,29+,30+,31-,32-/m1/s1. The lowest BCUT2D eigenvalue weighted by atomic mass is 9.31. The first-order valence-corrected chi connectivity index (χ1v) is 14.7. The highest BCUT2D eigenvalue weighted by Crippen LogP contribution is 2.77. The van der Waals surface area contributed by atoms with E-state index in [1.807, 2.05) is 0 Å². The third-order valence-corrected chi connectivity index (χ3v) is 13.8. The predicted octanol–water partition coefficient (Wildman–Crippen LogP) is 7.57. The van der Waals surface area contributed by atoms with Crippen LogP contribution in [0.2, 0.25) is 0 Å². The lowest BCUT2D eigenvalue weighted by Gasteiger charge is -2.74. The molecule has 11 atom stereocenters. The van der Waals surface area contributed by atoms with Crippen molar-refractivity contribution in [1.29, 1.82) is 0 Å². The van der Waals surface area contributed by atoms with Crippen LogP contribution in [0.25, 0.3) is 0 Å². The van der Waals surface area contributed by atoms with Gasteiger partial charge in [0.05, 0.1) is 6.10 Å². The molecule has 1 N–H and O–H groups in total. The zero-order valence-corrected chi connectivity index (χ0v) is 23.9. The van der Waals surface area contributed by atoms with Gasteiger partial charge in [-0.05, 0) is 115 Å². The molecule has 3 nitrogen and oxygen atoms in total. The number of fused-ring (bicyclic) bond motifs is 7. The Balaban J connectivity index is 1.50. The van der Waals surface area contributed by atoms with Crippen LogP contribution >= 0.6 is 0 Å². The zero-order valence-electron chi connectivity index (χ0n) is 23.9. The van der Waals surface area contributed by atoms with E-state index in [1.54, 1.807) is 6.92 Å². The molecule has 5 rings (SSSR count). The second-order valence-corrected chi connectivity index (χ2v) is 15.4. The summed E-state index contributed by atoms with van der Waals surface area (Å²) in [7, 11) is 0. The fraction of sp³-hybridized carbons (Fsp3) is 0.906. The van der Waals surface area contributed by atoms with Crippen molar-refractivity contribution in [3.05, 3.63) is 12.2 Å². The molecule has 0 radical (unpaired) electrons. The first-order valence-electron chi connectivity index (χ1n) is 14.7. The van der Waals surface area contributed by atoms with Crippen LogP contribution in [0.5, 0.6) is 0 Å². The lowest BCUT2D eigenvalue weighted by Crippen LogP contribution is -2.67. The van der Waals surface area contributed by atoms with Crippen LogP contribution in [0, 0.1) is 56.7 Å². The average Bonchev–Trinajstić information content (AvgIpc) is 2.75. The molecule has 5 aliphatic carbocycles. The molecule has 3 heteroatoms. The fourth-order valence-corrected chi connectivity index (χ4v) is 11.9. The summed E-state index contributed by atoms with van der Waals surface area (Å²) >= 11 is 0. The number of hydrogen-bond acceptors (Lipinski definition) is 3. The minimum atomic E-state index is -0.327. The van der Waals surface area contributed by atoms with E-state index in [4.69, 9.17) is 4.74 Å².